The van der Waals surface area contributed by atoms with Gasteiger partial charge in [-0.05, 0) is 38.1 Å². The summed E-state index contributed by atoms with van der Waals surface area (Å²) < 4.78 is 10.2. The normalized spacial score (nSPS) is 23.8. The van der Waals surface area contributed by atoms with Crippen molar-refractivity contribution in [3.63, 3.8) is 0 Å². The molecule has 2 aliphatic heterocycles. The van der Waals surface area contributed by atoms with Gasteiger partial charge in [0.2, 0.25) is 0 Å². The third-order valence-electron chi connectivity index (χ3n) is 4.05. The predicted octanol–water partition coefficient (Wildman–Crippen LogP) is 1.09. The smallest absolute Gasteiger partial charge is 0.313 e. The van der Waals surface area contributed by atoms with Crippen molar-refractivity contribution in [2.24, 2.45) is 5.92 Å². The van der Waals surface area contributed by atoms with Gasteiger partial charge in [0.05, 0.1) is 0 Å². The van der Waals surface area contributed by atoms with Crippen LogP contribution in [0.1, 0.15) is 38.5 Å². The molecule has 0 radical (unpaired) electrons. The number of hydrogen-bond acceptors (Lipinski definition) is 7. The van der Waals surface area contributed by atoms with Gasteiger partial charge in [0, 0.05) is 32.5 Å². The highest BCUT2D eigenvalue weighted by Gasteiger charge is 2.25. The van der Waals surface area contributed by atoms with E-state index in [2.05, 4.69) is 0 Å². The van der Waals surface area contributed by atoms with Crippen LogP contribution in [0.4, 0.5) is 0 Å². The fourth-order valence-corrected chi connectivity index (χ4v) is 2.80. The molecular formula is C16H22N2O5. The molecule has 126 valence electrons. The van der Waals surface area contributed by atoms with Crippen LogP contribution in [0, 0.1) is 17.2 Å². The predicted molar refractivity (Wildman–Crippen MR) is 79.5 cm³/mol. The van der Waals surface area contributed by atoms with Gasteiger partial charge in [-0.2, -0.15) is 5.26 Å². The maximum absolute atomic E-state index is 11.7. The first-order chi connectivity index (χ1) is 11.1. The molecule has 0 amide bonds. The van der Waals surface area contributed by atoms with Gasteiger partial charge in [0.15, 0.2) is 0 Å². The number of likely N-dealkylation sites (tertiary alicyclic amines) is 1. The lowest BCUT2D eigenvalue weighted by atomic mass is 9.99. The first-order valence-corrected chi connectivity index (χ1v) is 8.00. The number of carbonyl (C=O) groups excluding carboxylic acids is 2. The summed E-state index contributed by atoms with van der Waals surface area (Å²) in [6.07, 6.45) is 3.42. The number of aliphatic hydroxyl groups is 1. The second-order valence-electron chi connectivity index (χ2n) is 5.96. The molecule has 2 heterocycles. The van der Waals surface area contributed by atoms with Crippen molar-refractivity contribution in [1.29, 1.82) is 5.26 Å². The third kappa shape index (κ3) is 5.34. The standard InChI is InChI=1S/C16H22N2O5/c17-8-13(10-18-7-3-4-12(9-18)11-19)16-22-14(20)5-1-2-6-15(21)23-16/h12,19H,1-7,9-11H2. The van der Waals surface area contributed by atoms with E-state index in [4.69, 9.17) is 9.47 Å². The number of nitriles is 1. The van der Waals surface area contributed by atoms with Gasteiger partial charge in [-0.25, -0.2) is 0 Å². The molecule has 0 aromatic carbocycles. The Bertz CT molecular complexity index is 501. The van der Waals surface area contributed by atoms with Crippen LogP contribution in [0.2, 0.25) is 0 Å². The maximum atomic E-state index is 11.7. The molecular weight excluding hydrogens is 300 g/mol. The summed E-state index contributed by atoms with van der Waals surface area (Å²) >= 11 is 0. The van der Waals surface area contributed by atoms with E-state index >= 15 is 0 Å². The van der Waals surface area contributed by atoms with Crippen LogP contribution in [0.5, 0.6) is 0 Å². The largest absolute Gasteiger partial charge is 0.396 e. The molecule has 0 aromatic heterocycles. The summed E-state index contributed by atoms with van der Waals surface area (Å²) in [7, 11) is 0. The zero-order chi connectivity index (χ0) is 16.7. The van der Waals surface area contributed by atoms with Crippen LogP contribution < -0.4 is 0 Å². The lowest BCUT2D eigenvalue weighted by molar-refractivity contribution is -0.153. The molecule has 0 aromatic rings. The first kappa shape index (κ1) is 17.4. The lowest BCUT2D eigenvalue weighted by Gasteiger charge is -2.31. The van der Waals surface area contributed by atoms with E-state index in [1.165, 1.54) is 0 Å². The minimum atomic E-state index is -0.491. The molecule has 0 aliphatic carbocycles. The molecule has 0 saturated carbocycles. The number of rotatable bonds is 3. The Morgan fingerprint density at radius 1 is 1.22 bits per heavy atom. The number of hydrogen-bond donors (Lipinski definition) is 1. The third-order valence-corrected chi connectivity index (χ3v) is 4.05. The summed E-state index contributed by atoms with van der Waals surface area (Å²) in [5, 5.41) is 18.6. The van der Waals surface area contributed by atoms with E-state index in [9.17, 15) is 20.0 Å². The Balaban J connectivity index is 2.13. The van der Waals surface area contributed by atoms with E-state index in [0.29, 0.717) is 19.4 Å². The monoisotopic (exact) mass is 322 g/mol. The van der Waals surface area contributed by atoms with Crippen molar-refractivity contribution >= 4 is 11.9 Å². The second-order valence-corrected chi connectivity index (χ2v) is 5.96. The van der Waals surface area contributed by atoms with Crippen molar-refractivity contribution in [3.8, 4) is 6.07 Å². The fourth-order valence-electron chi connectivity index (χ4n) is 2.80. The van der Waals surface area contributed by atoms with E-state index in [1.807, 2.05) is 11.0 Å². The van der Waals surface area contributed by atoms with E-state index in [0.717, 1.165) is 19.4 Å². The SMILES string of the molecule is N#CC(CN1CCCC(CO)C1)=C1OC(=O)CCCCC(=O)O1. The minimum absolute atomic E-state index is 0.110. The van der Waals surface area contributed by atoms with Crippen molar-refractivity contribution < 1.29 is 24.2 Å². The average Bonchev–Trinajstić information content (AvgIpc) is 2.63. The van der Waals surface area contributed by atoms with Gasteiger partial charge in [-0.15, -0.1) is 0 Å². The summed E-state index contributed by atoms with van der Waals surface area (Å²) in [4.78, 5) is 25.4. The number of nitrogens with zero attached hydrogens (tertiary/aromatic N) is 2. The Morgan fingerprint density at radius 2 is 1.87 bits per heavy atom. The average molecular weight is 322 g/mol. The number of esters is 2. The van der Waals surface area contributed by atoms with Gasteiger partial charge in [-0.1, -0.05) is 0 Å². The topological polar surface area (TPSA) is 99.9 Å². The molecule has 1 atom stereocenters. The highest BCUT2D eigenvalue weighted by molar-refractivity contribution is 5.74. The van der Waals surface area contributed by atoms with Gasteiger partial charge in [0.25, 0.3) is 0 Å². The summed E-state index contributed by atoms with van der Waals surface area (Å²) in [6, 6.07) is 1.98. The van der Waals surface area contributed by atoms with Crippen LogP contribution in [0.25, 0.3) is 0 Å². The lowest BCUT2D eigenvalue weighted by Crippen LogP contribution is -2.38. The van der Waals surface area contributed by atoms with Crippen LogP contribution in [-0.2, 0) is 19.1 Å². The summed E-state index contributed by atoms with van der Waals surface area (Å²) in [5.41, 5.74) is 0.132. The Hall–Kier alpha value is -1.91. The number of cyclic esters (lactones) is 2. The molecule has 2 saturated heterocycles. The molecule has 7 heteroatoms. The Kier molecular flexibility index (Phi) is 6.56. The molecule has 0 spiro atoms. The number of piperidine rings is 1. The van der Waals surface area contributed by atoms with Crippen molar-refractivity contribution in [1.82, 2.24) is 4.90 Å². The fraction of sp³-hybridized carbons (Fsp3) is 0.688. The molecule has 2 rings (SSSR count). The highest BCUT2D eigenvalue weighted by atomic mass is 16.7. The van der Waals surface area contributed by atoms with Crippen molar-refractivity contribution in [2.45, 2.75) is 38.5 Å². The van der Waals surface area contributed by atoms with E-state index < -0.39 is 11.9 Å². The number of ether oxygens (including phenoxy) is 2. The molecule has 1 unspecified atom stereocenters. The number of carbonyl (C=O) groups is 2. The molecule has 23 heavy (non-hydrogen) atoms. The van der Waals surface area contributed by atoms with Crippen LogP contribution in [0.3, 0.4) is 0 Å². The van der Waals surface area contributed by atoms with Crippen LogP contribution in [0.15, 0.2) is 11.5 Å². The van der Waals surface area contributed by atoms with Crippen LogP contribution in [-0.4, -0.2) is 48.2 Å². The highest BCUT2D eigenvalue weighted by Crippen LogP contribution is 2.20. The zero-order valence-corrected chi connectivity index (χ0v) is 13.1. The van der Waals surface area contributed by atoms with Crippen molar-refractivity contribution in [2.75, 3.05) is 26.2 Å². The zero-order valence-electron chi connectivity index (χ0n) is 13.1. The van der Waals surface area contributed by atoms with Crippen LogP contribution >= 0.6 is 0 Å². The van der Waals surface area contributed by atoms with Gasteiger partial charge in [0.1, 0.15) is 11.6 Å². The maximum Gasteiger partial charge on any atom is 0.313 e. The van der Waals surface area contributed by atoms with E-state index in [1.54, 1.807) is 0 Å². The molecule has 2 aliphatic rings. The van der Waals surface area contributed by atoms with E-state index in [-0.39, 0.29) is 43.4 Å². The molecule has 7 nitrogen and oxygen atoms in total. The van der Waals surface area contributed by atoms with Gasteiger partial charge >= 0.3 is 17.9 Å². The first-order valence-electron chi connectivity index (χ1n) is 8.00. The van der Waals surface area contributed by atoms with Gasteiger partial charge < -0.3 is 14.6 Å². The molecule has 1 N–H and O–H groups in total. The Labute approximate surface area is 135 Å². The summed E-state index contributed by atoms with van der Waals surface area (Å²) in [6.45, 7) is 1.80. The Morgan fingerprint density at radius 3 is 2.43 bits per heavy atom. The minimum Gasteiger partial charge on any atom is -0.396 e. The quantitative estimate of drug-likeness (QED) is 0.613. The summed E-state index contributed by atoms with van der Waals surface area (Å²) in [5.74, 6) is -1.08. The van der Waals surface area contributed by atoms with Gasteiger partial charge in [-0.3, -0.25) is 14.5 Å². The second kappa shape index (κ2) is 8.65. The molecule has 2 fully saturated rings. The molecule has 0 bridgehead atoms. The number of aliphatic hydroxyl groups excluding tert-OH is 1. The van der Waals surface area contributed by atoms with Crippen molar-refractivity contribution in [3.05, 3.63) is 11.5 Å².